The van der Waals surface area contributed by atoms with Crippen molar-refractivity contribution in [1.82, 2.24) is 0 Å². The molecule has 2 nitrogen and oxygen atoms in total. The molecule has 0 spiro atoms. The molecule has 0 aromatic carbocycles. The lowest BCUT2D eigenvalue weighted by Gasteiger charge is -2.09. The lowest BCUT2D eigenvalue weighted by Crippen LogP contribution is -2.22. The summed E-state index contributed by atoms with van der Waals surface area (Å²) in [4.78, 5) is 0. The SMILES string of the molecule is CC(C)=CC(N)CCC(C)N. The van der Waals surface area contributed by atoms with E-state index in [2.05, 4.69) is 19.9 Å². The van der Waals surface area contributed by atoms with Crippen LogP contribution in [0.15, 0.2) is 11.6 Å². The smallest absolute Gasteiger partial charge is 0.0226 e. The van der Waals surface area contributed by atoms with Gasteiger partial charge in [0.05, 0.1) is 0 Å². The van der Waals surface area contributed by atoms with E-state index in [-0.39, 0.29) is 12.1 Å². The summed E-state index contributed by atoms with van der Waals surface area (Å²) in [5.74, 6) is 0. The zero-order valence-electron chi connectivity index (χ0n) is 7.80. The number of hydrogen-bond donors (Lipinski definition) is 2. The van der Waals surface area contributed by atoms with Gasteiger partial charge >= 0.3 is 0 Å². The molecule has 0 aliphatic rings. The summed E-state index contributed by atoms with van der Waals surface area (Å²) in [5.41, 5.74) is 12.7. The summed E-state index contributed by atoms with van der Waals surface area (Å²) in [6.45, 7) is 6.13. The minimum Gasteiger partial charge on any atom is -0.328 e. The zero-order valence-corrected chi connectivity index (χ0v) is 7.80. The second-order valence-electron chi connectivity index (χ2n) is 3.46. The molecule has 2 heteroatoms. The van der Waals surface area contributed by atoms with Crippen LogP contribution in [-0.2, 0) is 0 Å². The summed E-state index contributed by atoms with van der Waals surface area (Å²) in [7, 11) is 0. The van der Waals surface area contributed by atoms with E-state index in [0.29, 0.717) is 0 Å². The molecule has 0 rings (SSSR count). The summed E-state index contributed by atoms with van der Waals surface area (Å²) >= 11 is 0. The fourth-order valence-corrected chi connectivity index (χ4v) is 0.967. The minimum absolute atomic E-state index is 0.186. The highest BCUT2D eigenvalue weighted by Gasteiger charge is 1.99. The Kier molecular flexibility index (Phi) is 5.16. The number of nitrogens with two attached hydrogens (primary N) is 2. The highest BCUT2D eigenvalue weighted by Crippen LogP contribution is 2.01. The first-order chi connectivity index (χ1) is 5.02. The molecule has 2 unspecified atom stereocenters. The maximum Gasteiger partial charge on any atom is 0.0226 e. The first-order valence-electron chi connectivity index (χ1n) is 4.18. The molecule has 0 aromatic heterocycles. The second-order valence-corrected chi connectivity index (χ2v) is 3.46. The third kappa shape index (κ3) is 7.56. The molecule has 0 radical (unpaired) electrons. The molecule has 66 valence electrons. The molecule has 4 N–H and O–H groups in total. The van der Waals surface area contributed by atoms with Crippen LogP contribution in [0.2, 0.25) is 0 Å². The Labute approximate surface area is 69.6 Å². The van der Waals surface area contributed by atoms with Crippen molar-refractivity contribution in [1.29, 1.82) is 0 Å². The number of hydrogen-bond acceptors (Lipinski definition) is 2. The molecule has 0 saturated heterocycles. The highest BCUT2D eigenvalue weighted by atomic mass is 14.6. The normalized spacial score (nSPS) is 15.7. The third-order valence-electron chi connectivity index (χ3n) is 1.50. The molecule has 0 aliphatic carbocycles. The summed E-state index contributed by atoms with van der Waals surface area (Å²) < 4.78 is 0. The highest BCUT2D eigenvalue weighted by molar-refractivity contribution is 4.99. The zero-order chi connectivity index (χ0) is 8.85. The van der Waals surface area contributed by atoms with Crippen LogP contribution in [0.4, 0.5) is 0 Å². The van der Waals surface area contributed by atoms with Gasteiger partial charge in [0.15, 0.2) is 0 Å². The van der Waals surface area contributed by atoms with Crippen LogP contribution >= 0.6 is 0 Å². The van der Waals surface area contributed by atoms with Crippen molar-refractivity contribution in [3.05, 3.63) is 11.6 Å². The van der Waals surface area contributed by atoms with Crippen LogP contribution in [0, 0.1) is 0 Å². The van der Waals surface area contributed by atoms with E-state index >= 15 is 0 Å². The Bertz CT molecular complexity index is 124. The monoisotopic (exact) mass is 156 g/mol. The average molecular weight is 156 g/mol. The standard InChI is InChI=1S/C9H20N2/c1-7(2)6-9(11)5-4-8(3)10/h6,8-9H,4-5,10-11H2,1-3H3. The molecule has 0 amide bonds. The van der Waals surface area contributed by atoms with Gasteiger partial charge in [0, 0.05) is 12.1 Å². The fraction of sp³-hybridized carbons (Fsp3) is 0.778. The van der Waals surface area contributed by atoms with Gasteiger partial charge in [0.25, 0.3) is 0 Å². The first kappa shape index (κ1) is 10.7. The predicted molar refractivity (Wildman–Crippen MR) is 50.3 cm³/mol. The van der Waals surface area contributed by atoms with E-state index in [4.69, 9.17) is 11.5 Å². The van der Waals surface area contributed by atoms with Gasteiger partial charge in [-0.25, -0.2) is 0 Å². The van der Waals surface area contributed by atoms with Gasteiger partial charge in [-0.1, -0.05) is 11.6 Å². The van der Waals surface area contributed by atoms with Gasteiger partial charge in [0.2, 0.25) is 0 Å². The van der Waals surface area contributed by atoms with E-state index in [9.17, 15) is 0 Å². The van der Waals surface area contributed by atoms with Gasteiger partial charge in [-0.3, -0.25) is 0 Å². The molecule has 0 heterocycles. The van der Waals surface area contributed by atoms with Crippen LogP contribution in [-0.4, -0.2) is 12.1 Å². The van der Waals surface area contributed by atoms with E-state index in [1.807, 2.05) is 6.92 Å². The minimum atomic E-state index is 0.186. The molecule has 0 bridgehead atoms. The number of rotatable bonds is 4. The van der Waals surface area contributed by atoms with Crippen LogP contribution in [0.1, 0.15) is 33.6 Å². The van der Waals surface area contributed by atoms with Crippen molar-refractivity contribution >= 4 is 0 Å². The van der Waals surface area contributed by atoms with Crippen molar-refractivity contribution in [3.8, 4) is 0 Å². The first-order valence-corrected chi connectivity index (χ1v) is 4.18. The summed E-state index contributed by atoms with van der Waals surface area (Å²) in [6.07, 6.45) is 4.08. The molecule has 0 saturated carbocycles. The Hall–Kier alpha value is -0.340. The predicted octanol–water partition coefficient (Wildman–Crippen LogP) is 1.41. The molecular weight excluding hydrogens is 136 g/mol. The van der Waals surface area contributed by atoms with E-state index in [0.717, 1.165) is 12.8 Å². The van der Waals surface area contributed by atoms with Crippen LogP contribution in [0.25, 0.3) is 0 Å². The Balaban J connectivity index is 3.53. The summed E-state index contributed by atoms with van der Waals surface area (Å²) in [6, 6.07) is 0.456. The van der Waals surface area contributed by atoms with Gasteiger partial charge in [-0.15, -0.1) is 0 Å². The lowest BCUT2D eigenvalue weighted by molar-refractivity contribution is 0.588. The molecule has 0 fully saturated rings. The lowest BCUT2D eigenvalue weighted by atomic mass is 10.1. The third-order valence-corrected chi connectivity index (χ3v) is 1.50. The van der Waals surface area contributed by atoms with E-state index < -0.39 is 0 Å². The topological polar surface area (TPSA) is 52.0 Å². The van der Waals surface area contributed by atoms with Crippen molar-refractivity contribution < 1.29 is 0 Å². The van der Waals surface area contributed by atoms with E-state index in [1.165, 1.54) is 5.57 Å². The van der Waals surface area contributed by atoms with Crippen molar-refractivity contribution in [2.75, 3.05) is 0 Å². The Morgan fingerprint density at radius 1 is 1.27 bits per heavy atom. The molecule has 2 atom stereocenters. The van der Waals surface area contributed by atoms with Crippen molar-refractivity contribution in [3.63, 3.8) is 0 Å². The average Bonchev–Trinajstić information content (AvgIpc) is 1.82. The van der Waals surface area contributed by atoms with Gasteiger partial charge < -0.3 is 11.5 Å². The molecule has 0 aliphatic heterocycles. The maximum absolute atomic E-state index is 5.79. The summed E-state index contributed by atoms with van der Waals surface area (Å²) in [5, 5.41) is 0. The number of allylic oxidation sites excluding steroid dienone is 1. The van der Waals surface area contributed by atoms with Crippen molar-refractivity contribution in [2.24, 2.45) is 11.5 Å². The van der Waals surface area contributed by atoms with E-state index in [1.54, 1.807) is 0 Å². The van der Waals surface area contributed by atoms with Crippen molar-refractivity contribution in [2.45, 2.75) is 45.7 Å². The fourth-order valence-electron chi connectivity index (χ4n) is 0.967. The molecular formula is C9H20N2. The quantitative estimate of drug-likeness (QED) is 0.605. The van der Waals surface area contributed by atoms with Gasteiger partial charge in [-0.2, -0.15) is 0 Å². The Morgan fingerprint density at radius 3 is 2.18 bits per heavy atom. The second kappa shape index (κ2) is 5.33. The maximum atomic E-state index is 5.79. The molecule has 0 aromatic rings. The van der Waals surface area contributed by atoms with Gasteiger partial charge in [0.1, 0.15) is 0 Å². The largest absolute Gasteiger partial charge is 0.328 e. The van der Waals surface area contributed by atoms with Crippen LogP contribution in [0.5, 0.6) is 0 Å². The Morgan fingerprint density at radius 2 is 1.82 bits per heavy atom. The van der Waals surface area contributed by atoms with Crippen LogP contribution < -0.4 is 11.5 Å². The molecule has 11 heavy (non-hydrogen) atoms. The van der Waals surface area contributed by atoms with Gasteiger partial charge in [-0.05, 0) is 33.6 Å². The van der Waals surface area contributed by atoms with Crippen LogP contribution in [0.3, 0.4) is 0 Å².